The zero-order valence-electron chi connectivity index (χ0n) is 13.1. The summed E-state index contributed by atoms with van der Waals surface area (Å²) in [4.78, 5) is 11.0. The van der Waals surface area contributed by atoms with Crippen molar-refractivity contribution in [3.63, 3.8) is 0 Å². The average Bonchev–Trinajstić information content (AvgIpc) is 3.19. The van der Waals surface area contributed by atoms with Crippen LogP contribution in [0.3, 0.4) is 0 Å². The molecule has 2 saturated heterocycles. The number of furan rings is 1. The highest BCUT2D eigenvalue weighted by atomic mass is 16.5. The van der Waals surface area contributed by atoms with Crippen LogP contribution >= 0.6 is 0 Å². The van der Waals surface area contributed by atoms with Gasteiger partial charge in [0.2, 0.25) is 5.95 Å². The SMILES string of the molecule is c1cnc(NC2COC3(CCCN(Cc4ccoc4)C3)C2)nc1. The van der Waals surface area contributed by atoms with Crippen molar-refractivity contribution in [2.75, 3.05) is 25.0 Å². The van der Waals surface area contributed by atoms with E-state index in [1.165, 1.54) is 12.0 Å². The second-order valence-corrected chi connectivity index (χ2v) is 6.56. The number of nitrogens with zero attached hydrogens (tertiary/aromatic N) is 3. The van der Waals surface area contributed by atoms with Crippen LogP contribution in [0.1, 0.15) is 24.8 Å². The van der Waals surface area contributed by atoms with E-state index in [4.69, 9.17) is 9.15 Å². The van der Waals surface area contributed by atoms with Crippen LogP contribution in [0.5, 0.6) is 0 Å². The molecule has 2 aromatic heterocycles. The molecule has 4 heterocycles. The Kier molecular flexibility index (Phi) is 4.01. The molecule has 1 spiro atoms. The van der Waals surface area contributed by atoms with Crippen LogP contribution in [-0.2, 0) is 11.3 Å². The van der Waals surface area contributed by atoms with Gasteiger partial charge in [-0.05, 0) is 31.5 Å². The molecule has 4 rings (SSSR count). The molecule has 122 valence electrons. The number of hydrogen-bond donors (Lipinski definition) is 1. The molecule has 2 atom stereocenters. The van der Waals surface area contributed by atoms with E-state index < -0.39 is 0 Å². The van der Waals surface area contributed by atoms with Crippen LogP contribution in [0.15, 0.2) is 41.5 Å². The standard InChI is InChI=1S/C17H22N4O2/c1-4-17(13-21(7-1)10-14-3-8-22-11-14)9-15(12-23-17)20-16-18-5-2-6-19-16/h2-3,5-6,8,11,15H,1,4,7,9-10,12-13H2,(H,18,19,20). The summed E-state index contributed by atoms with van der Waals surface area (Å²) in [6.07, 6.45) is 10.4. The number of aromatic nitrogens is 2. The van der Waals surface area contributed by atoms with Gasteiger partial charge in [0.15, 0.2) is 0 Å². The third-order valence-electron chi connectivity index (χ3n) is 4.71. The van der Waals surface area contributed by atoms with Gasteiger partial charge in [0, 0.05) is 37.5 Å². The quantitative estimate of drug-likeness (QED) is 0.934. The maximum atomic E-state index is 6.23. The smallest absolute Gasteiger partial charge is 0.222 e. The van der Waals surface area contributed by atoms with Crippen LogP contribution in [-0.4, -0.2) is 46.2 Å². The zero-order valence-corrected chi connectivity index (χ0v) is 13.1. The van der Waals surface area contributed by atoms with Crippen LogP contribution in [0.2, 0.25) is 0 Å². The fraction of sp³-hybridized carbons (Fsp3) is 0.529. The minimum absolute atomic E-state index is 0.0333. The molecule has 2 unspecified atom stereocenters. The molecule has 23 heavy (non-hydrogen) atoms. The van der Waals surface area contributed by atoms with E-state index in [1.54, 1.807) is 18.7 Å². The third kappa shape index (κ3) is 3.38. The van der Waals surface area contributed by atoms with Gasteiger partial charge in [0.05, 0.1) is 30.8 Å². The monoisotopic (exact) mass is 314 g/mol. The van der Waals surface area contributed by atoms with Crippen molar-refractivity contribution in [3.8, 4) is 0 Å². The van der Waals surface area contributed by atoms with Gasteiger partial charge in [-0.2, -0.15) is 0 Å². The Balaban J connectivity index is 1.37. The molecule has 2 fully saturated rings. The Bertz CT molecular complexity index is 619. The third-order valence-corrected chi connectivity index (χ3v) is 4.71. The number of anilines is 1. The fourth-order valence-corrected chi connectivity index (χ4v) is 3.74. The number of ether oxygens (including phenoxy) is 1. The van der Waals surface area contributed by atoms with Crippen molar-refractivity contribution >= 4 is 5.95 Å². The predicted molar refractivity (Wildman–Crippen MR) is 86.0 cm³/mol. The van der Waals surface area contributed by atoms with Gasteiger partial charge in [-0.15, -0.1) is 0 Å². The fourth-order valence-electron chi connectivity index (χ4n) is 3.74. The topological polar surface area (TPSA) is 63.4 Å². The molecule has 2 aromatic rings. The molecule has 0 aromatic carbocycles. The molecule has 0 saturated carbocycles. The van der Waals surface area contributed by atoms with Crippen LogP contribution in [0.25, 0.3) is 0 Å². The summed E-state index contributed by atoms with van der Waals surface area (Å²) in [5, 5.41) is 3.39. The van der Waals surface area contributed by atoms with Crippen molar-refractivity contribution in [2.45, 2.75) is 37.5 Å². The molecule has 2 aliphatic rings. The molecule has 2 aliphatic heterocycles. The molecule has 0 bridgehead atoms. The molecule has 0 amide bonds. The summed E-state index contributed by atoms with van der Waals surface area (Å²) >= 11 is 0. The minimum Gasteiger partial charge on any atom is -0.472 e. The van der Waals surface area contributed by atoms with E-state index in [0.717, 1.165) is 39.1 Å². The summed E-state index contributed by atoms with van der Waals surface area (Å²) < 4.78 is 11.4. The van der Waals surface area contributed by atoms with Crippen molar-refractivity contribution < 1.29 is 9.15 Å². The van der Waals surface area contributed by atoms with Crippen molar-refractivity contribution in [3.05, 3.63) is 42.6 Å². The summed E-state index contributed by atoms with van der Waals surface area (Å²) in [7, 11) is 0. The Labute approximate surface area is 135 Å². The number of likely N-dealkylation sites (tertiary alicyclic amines) is 1. The summed E-state index contributed by atoms with van der Waals surface area (Å²) in [5.74, 6) is 0.684. The first-order valence-corrected chi connectivity index (χ1v) is 8.22. The first-order valence-electron chi connectivity index (χ1n) is 8.22. The van der Waals surface area contributed by atoms with Gasteiger partial charge >= 0.3 is 0 Å². The summed E-state index contributed by atoms with van der Waals surface area (Å²) in [5.41, 5.74) is 1.20. The molecular formula is C17H22N4O2. The number of nitrogens with one attached hydrogen (secondary N) is 1. The second kappa shape index (κ2) is 6.29. The van der Waals surface area contributed by atoms with E-state index >= 15 is 0 Å². The van der Waals surface area contributed by atoms with Gasteiger partial charge < -0.3 is 14.5 Å². The van der Waals surface area contributed by atoms with E-state index in [0.29, 0.717) is 5.95 Å². The van der Waals surface area contributed by atoms with Crippen molar-refractivity contribution in [1.29, 1.82) is 0 Å². The lowest BCUT2D eigenvalue weighted by atomic mass is 9.88. The van der Waals surface area contributed by atoms with E-state index in [9.17, 15) is 0 Å². The number of piperidine rings is 1. The van der Waals surface area contributed by atoms with E-state index in [-0.39, 0.29) is 11.6 Å². The van der Waals surface area contributed by atoms with Crippen LogP contribution in [0, 0.1) is 0 Å². The van der Waals surface area contributed by atoms with Gasteiger partial charge in [0.1, 0.15) is 0 Å². The Hall–Kier alpha value is -1.92. The minimum atomic E-state index is -0.0333. The second-order valence-electron chi connectivity index (χ2n) is 6.56. The zero-order chi connectivity index (χ0) is 15.5. The Morgan fingerprint density at radius 1 is 1.35 bits per heavy atom. The maximum Gasteiger partial charge on any atom is 0.222 e. The number of hydrogen-bond acceptors (Lipinski definition) is 6. The van der Waals surface area contributed by atoms with Gasteiger partial charge in [-0.25, -0.2) is 9.97 Å². The predicted octanol–water partition coefficient (Wildman–Crippen LogP) is 2.31. The van der Waals surface area contributed by atoms with Gasteiger partial charge in [-0.1, -0.05) is 0 Å². The molecule has 0 aliphatic carbocycles. The highest BCUT2D eigenvalue weighted by Crippen LogP contribution is 2.35. The van der Waals surface area contributed by atoms with Crippen LogP contribution < -0.4 is 5.32 Å². The Morgan fingerprint density at radius 2 is 2.26 bits per heavy atom. The lowest BCUT2D eigenvalue weighted by Crippen LogP contribution is -2.47. The first kappa shape index (κ1) is 14.7. The molecular weight excluding hydrogens is 292 g/mol. The van der Waals surface area contributed by atoms with Crippen molar-refractivity contribution in [2.24, 2.45) is 0 Å². The largest absolute Gasteiger partial charge is 0.472 e. The lowest BCUT2D eigenvalue weighted by molar-refractivity contribution is -0.0533. The van der Waals surface area contributed by atoms with Gasteiger partial charge in [0.25, 0.3) is 0 Å². The van der Waals surface area contributed by atoms with E-state index in [1.807, 2.05) is 18.4 Å². The highest BCUT2D eigenvalue weighted by molar-refractivity contribution is 5.25. The normalized spacial score (nSPS) is 28.3. The first-order chi connectivity index (χ1) is 11.3. The molecule has 6 nitrogen and oxygen atoms in total. The molecule has 1 N–H and O–H groups in total. The molecule has 6 heteroatoms. The molecule has 0 radical (unpaired) electrons. The summed E-state index contributed by atoms with van der Waals surface area (Å²) in [6.45, 7) is 3.75. The maximum absolute atomic E-state index is 6.23. The van der Waals surface area contributed by atoms with Gasteiger partial charge in [-0.3, -0.25) is 4.90 Å². The number of rotatable bonds is 4. The average molecular weight is 314 g/mol. The van der Waals surface area contributed by atoms with Crippen LogP contribution in [0.4, 0.5) is 5.95 Å². The Morgan fingerprint density at radius 3 is 3.09 bits per heavy atom. The van der Waals surface area contributed by atoms with E-state index in [2.05, 4.69) is 20.2 Å². The van der Waals surface area contributed by atoms with Crippen molar-refractivity contribution in [1.82, 2.24) is 14.9 Å². The highest BCUT2D eigenvalue weighted by Gasteiger charge is 2.43. The lowest BCUT2D eigenvalue weighted by Gasteiger charge is -2.39. The summed E-state index contributed by atoms with van der Waals surface area (Å²) in [6, 6.07) is 4.15.